The molecule has 0 saturated carbocycles. The summed E-state index contributed by atoms with van der Waals surface area (Å²) >= 11 is 6.08. The molecule has 1 atom stereocenters. The Morgan fingerprint density at radius 3 is 2.75 bits per heavy atom. The molecule has 0 saturated heterocycles. The molecule has 3 N–H and O–H groups in total. The minimum absolute atomic E-state index is 0.110. The highest BCUT2D eigenvalue weighted by Gasteiger charge is 2.14. The largest absolute Gasteiger partial charge is 0.394 e. The highest BCUT2D eigenvalue weighted by atomic mass is 35.5. The molecule has 1 aromatic rings. The second-order valence-corrected chi connectivity index (χ2v) is 5.59. The van der Waals surface area contributed by atoms with Gasteiger partial charge in [0.1, 0.15) is 5.02 Å². The second kappa shape index (κ2) is 7.61. The minimum Gasteiger partial charge on any atom is -0.394 e. The summed E-state index contributed by atoms with van der Waals surface area (Å²) in [4.78, 5) is 13.8. The van der Waals surface area contributed by atoms with Crippen LogP contribution in [0.1, 0.15) is 20.3 Å². The molecule has 6 nitrogen and oxygen atoms in total. The fraction of sp³-hybridized carbons (Fsp3) is 0.692. The maximum atomic E-state index is 11.9. The molecule has 114 valence electrons. The lowest BCUT2D eigenvalue weighted by Crippen LogP contribution is -2.33. The van der Waals surface area contributed by atoms with Gasteiger partial charge in [-0.25, -0.2) is 4.68 Å². The Kier molecular flexibility index (Phi) is 6.45. The second-order valence-electron chi connectivity index (χ2n) is 5.21. The zero-order valence-corrected chi connectivity index (χ0v) is 13.0. The summed E-state index contributed by atoms with van der Waals surface area (Å²) in [6, 6.07) is 0.110. The van der Waals surface area contributed by atoms with Crippen molar-refractivity contribution in [3.8, 4) is 0 Å². The van der Waals surface area contributed by atoms with Crippen LogP contribution in [0.2, 0.25) is 5.02 Å². The molecule has 0 aromatic carbocycles. The van der Waals surface area contributed by atoms with Crippen molar-refractivity contribution in [2.24, 2.45) is 11.7 Å². The van der Waals surface area contributed by atoms with Crippen LogP contribution in [0.5, 0.6) is 0 Å². The van der Waals surface area contributed by atoms with Crippen LogP contribution >= 0.6 is 11.6 Å². The maximum absolute atomic E-state index is 11.9. The molecule has 1 rings (SSSR count). The van der Waals surface area contributed by atoms with Gasteiger partial charge in [0.25, 0.3) is 5.56 Å². The SMILES string of the molecule is CC(C)C(N)CCN(C)c1cnn(CCO)c(=O)c1Cl. The molecule has 0 amide bonds. The lowest BCUT2D eigenvalue weighted by Gasteiger charge is -2.23. The standard InChI is InChI=1S/C13H23ClN4O2/c1-9(2)10(15)4-5-17(3)11-8-16-18(6-7-19)13(20)12(11)14/h8-10,19H,4-7,15H2,1-3H3. The van der Waals surface area contributed by atoms with Gasteiger partial charge >= 0.3 is 0 Å². The van der Waals surface area contributed by atoms with Crippen LogP contribution in [0.4, 0.5) is 5.69 Å². The monoisotopic (exact) mass is 302 g/mol. The van der Waals surface area contributed by atoms with Crippen molar-refractivity contribution >= 4 is 17.3 Å². The maximum Gasteiger partial charge on any atom is 0.287 e. The topological polar surface area (TPSA) is 84.4 Å². The van der Waals surface area contributed by atoms with Crippen LogP contribution in [0.25, 0.3) is 0 Å². The first-order valence-electron chi connectivity index (χ1n) is 6.71. The number of halogens is 1. The first-order valence-corrected chi connectivity index (χ1v) is 7.09. The molecule has 1 aromatic heterocycles. The Labute approximate surface area is 124 Å². The molecule has 20 heavy (non-hydrogen) atoms. The average molecular weight is 303 g/mol. The third kappa shape index (κ3) is 4.19. The number of aromatic nitrogens is 2. The van der Waals surface area contributed by atoms with E-state index in [9.17, 15) is 4.79 Å². The van der Waals surface area contributed by atoms with E-state index in [1.807, 2.05) is 11.9 Å². The third-order valence-electron chi connectivity index (χ3n) is 3.34. The lowest BCUT2D eigenvalue weighted by molar-refractivity contribution is 0.266. The first kappa shape index (κ1) is 16.9. The smallest absolute Gasteiger partial charge is 0.287 e. The summed E-state index contributed by atoms with van der Waals surface area (Å²) in [5.41, 5.74) is 6.20. The number of nitrogens with zero attached hydrogens (tertiary/aromatic N) is 3. The normalized spacial score (nSPS) is 12.8. The van der Waals surface area contributed by atoms with Gasteiger partial charge in [-0.1, -0.05) is 25.4 Å². The van der Waals surface area contributed by atoms with Crippen molar-refractivity contribution in [3.05, 3.63) is 21.6 Å². The van der Waals surface area contributed by atoms with Gasteiger partial charge < -0.3 is 15.7 Å². The van der Waals surface area contributed by atoms with Gasteiger partial charge in [-0.05, 0) is 12.3 Å². The van der Waals surface area contributed by atoms with E-state index >= 15 is 0 Å². The summed E-state index contributed by atoms with van der Waals surface area (Å²) < 4.78 is 1.15. The molecule has 0 aliphatic carbocycles. The molecule has 0 fully saturated rings. The number of hydrogen-bond acceptors (Lipinski definition) is 5. The van der Waals surface area contributed by atoms with Crippen LogP contribution in [-0.4, -0.2) is 41.1 Å². The molecule has 0 spiro atoms. The number of rotatable bonds is 7. The van der Waals surface area contributed by atoms with Gasteiger partial charge in [-0.3, -0.25) is 4.79 Å². The van der Waals surface area contributed by atoms with Crippen LogP contribution in [-0.2, 0) is 6.54 Å². The van der Waals surface area contributed by atoms with E-state index in [1.54, 1.807) is 6.20 Å². The van der Waals surface area contributed by atoms with E-state index < -0.39 is 5.56 Å². The summed E-state index contributed by atoms with van der Waals surface area (Å²) in [7, 11) is 1.85. The van der Waals surface area contributed by atoms with Gasteiger partial charge in [0.15, 0.2) is 0 Å². The fourth-order valence-corrected chi connectivity index (χ4v) is 2.06. The van der Waals surface area contributed by atoms with Crippen LogP contribution in [0, 0.1) is 5.92 Å². The van der Waals surface area contributed by atoms with Crippen molar-refractivity contribution in [1.29, 1.82) is 0 Å². The molecule has 0 aliphatic heterocycles. The number of anilines is 1. The molecular weight excluding hydrogens is 280 g/mol. The van der Waals surface area contributed by atoms with Gasteiger partial charge in [0.05, 0.1) is 25.0 Å². The van der Waals surface area contributed by atoms with Crippen LogP contribution < -0.4 is 16.2 Å². The van der Waals surface area contributed by atoms with Gasteiger partial charge in [-0.15, -0.1) is 0 Å². The van der Waals surface area contributed by atoms with Crippen LogP contribution in [0.3, 0.4) is 0 Å². The van der Waals surface area contributed by atoms with Gasteiger partial charge in [0, 0.05) is 19.6 Å². The van der Waals surface area contributed by atoms with Crippen molar-refractivity contribution < 1.29 is 5.11 Å². The molecule has 0 aliphatic rings. The fourth-order valence-electron chi connectivity index (χ4n) is 1.77. The average Bonchev–Trinajstić information content (AvgIpc) is 2.41. The molecule has 7 heteroatoms. The van der Waals surface area contributed by atoms with E-state index in [2.05, 4.69) is 18.9 Å². The zero-order valence-electron chi connectivity index (χ0n) is 12.2. The summed E-state index contributed by atoms with van der Waals surface area (Å²) in [6.45, 7) is 4.84. The lowest BCUT2D eigenvalue weighted by atomic mass is 10.0. The number of aliphatic hydroxyl groups is 1. The number of nitrogens with two attached hydrogens (primary N) is 1. The zero-order chi connectivity index (χ0) is 15.3. The number of hydrogen-bond donors (Lipinski definition) is 2. The Morgan fingerprint density at radius 2 is 2.20 bits per heavy atom. The molecule has 1 heterocycles. The Bertz CT molecular complexity index is 490. The minimum atomic E-state index is -0.391. The van der Waals surface area contributed by atoms with E-state index in [4.69, 9.17) is 22.4 Å². The predicted molar refractivity (Wildman–Crippen MR) is 81.3 cm³/mol. The molecule has 1 unspecified atom stereocenters. The predicted octanol–water partition coefficient (Wildman–Crippen LogP) is 0.699. The molecular formula is C13H23ClN4O2. The number of aliphatic hydroxyl groups excluding tert-OH is 1. The van der Waals surface area contributed by atoms with Gasteiger partial charge in [-0.2, -0.15) is 5.10 Å². The van der Waals surface area contributed by atoms with E-state index in [1.165, 1.54) is 0 Å². The van der Waals surface area contributed by atoms with Crippen molar-refractivity contribution in [3.63, 3.8) is 0 Å². The van der Waals surface area contributed by atoms with Crippen LogP contribution in [0.15, 0.2) is 11.0 Å². The van der Waals surface area contributed by atoms with Crippen molar-refractivity contribution in [1.82, 2.24) is 9.78 Å². The van der Waals surface area contributed by atoms with Crippen molar-refractivity contribution in [2.75, 3.05) is 25.1 Å². The van der Waals surface area contributed by atoms with E-state index in [0.29, 0.717) is 18.2 Å². The van der Waals surface area contributed by atoms with Crippen molar-refractivity contribution in [2.45, 2.75) is 32.9 Å². The first-order chi connectivity index (χ1) is 9.38. The summed E-state index contributed by atoms with van der Waals surface area (Å²) in [5, 5.41) is 13.0. The third-order valence-corrected chi connectivity index (χ3v) is 3.70. The Hall–Kier alpha value is -1.11. The van der Waals surface area contributed by atoms with E-state index in [0.717, 1.165) is 11.1 Å². The highest BCUT2D eigenvalue weighted by Crippen LogP contribution is 2.20. The Balaban J connectivity index is 2.81. The highest BCUT2D eigenvalue weighted by molar-refractivity contribution is 6.33. The van der Waals surface area contributed by atoms with Gasteiger partial charge in [0.2, 0.25) is 0 Å². The van der Waals surface area contributed by atoms with E-state index in [-0.39, 0.29) is 24.2 Å². The summed E-state index contributed by atoms with van der Waals surface area (Å²) in [6.07, 6.45) is 2.35. The Morgan fingerprint density at radius 1 is 1.55 bits per heavy atom. The molecule has 0 bridgehead atoms. The quantitative estimate of drug-likeness (QED) is 0.774. The molecule has 0 radical (unpaired) electrons. The summed E-state index contributed by atoms with van der Waals surface area (Å²) in [5.74, 6) is 0.412.